The monoisotopic (exact) mass is 209 g/mol. The van der Waals surface area contributed by atoms with Crippen LogP contribution in [0.25, 0.3) is 0 Å². The highest BCUT2D eigenvalue weighted by atomic mass is 32.2. The molecule has 0 aliphatic carbocycles. The van der Waals surface area contributed by atoms with Crippen LogP contribution < -0.4 is 5.32 Å². The van der Waals surface area contributed by atoms with Crippen molar-refractivity contribution in [1.82, 2.24) is 5.32 Å². The van der Waals surface area contributed by atoms with Gasteiger partial charge in [-0.1, -0.05) is 17.7 Å². The summed E-state index contributed by atoms with van der Waals surface area (Å²) < 4.78 is 0. The van der Waals surface area contributed by atoms with E-state index in [0.717, 1.165) is 6.54 Å². The third-order valence-corrected chi connectivity index (χ3v) is 3.16. The first-order chi connectivity index (χ1) is 6.83. The molecule has 1 nitrogen and oxygen atoms in total. The van der Waals surface area contributed by atoms with Gasteiger partial charge >= 0.3 is 0 Å². The molecular formula is C12H19NS. The second-order valence-corrected chi connectivity index (χ2v) is 4.64. The maximum Gasteiger partial charge on any atom is 0.00745 e. The minimum atomic E-state index is 1.13. The largest absolute Gasteiger partial charge is 0.320 e. The smallest absolute Gasteiger partial charge is 0.00745 e. The zero-order valence-corrected chi connectivity index (χ0v) is 9.86. The third-order valence-electron chi connectivity index (χ3n) is 2.08. The predicted molar refractivity (Wildman–Crippen MR) is 65.1 cm³/mol. The van der Waals surface area contributed by atoms with Crippen LogP contribution in [0.15, 0.2) is 29.2 Å². The molecule has 0 amide bonds. The summed E-state index contributed by atoms with van der Waals surface area (Å²) in [5.41, 5.74) is 1.35. The lowest BCUT2D eigenvalue weighted by molar-refractivity contribution is 0.715. The molecule has 0 aliphatic rings. The van der Waals surface area contributed by atoms with Crippen molar-refractivity contribution in [3.8, 4) is 0 Å². The molecule has 1 N–H and O–H groups in total. The highest BCUT2D eigenvalue weighted by molar-refractivity contribution is 7.99. The zero-order valence-electron chi connectivity index (χ0n) is 9.05. The molecule has 2 heteroatoms. The number of benzene rings is 1. The Hall–Kier alpha value is -0.470. The molecule has 0 unspecified atom stereocenters. The molecule has 0 fully saturated rings. The van der Waals surface area contributed by atoms with E-state index in [9.17, 15) is 0 Å². The zero-order chi connectivity index (χ0) is 10.2. The lowest BCUT2D eigenvalue weighted by Gasteiger charge is -2.02. The first-order valence-electron chi connectivity index (χ1n) is 5.17. The van der Waals surface area contributed by atoms with E-state index in [0.29, 0.717) is 0 Å². The van der Waals surface area contributed by atoms with E-state index in [1.807, 2.05) is 18.8 Å². The van der Waals surface area contributed by atoms with Crippen LogP contribution in [0.3, 0.4) is 0 Å². The van der Waals surface area contributed by atoms with Crippen LogP contribution in [0.1, 0.15) is 18.4 Å². The van der Waals surface area contributed by atoms with E-state index in [4.69, 9.17) is 0 Å². The van der Waals surface area contributed by atoms with Crippen LogP contribution in [0.4, 0.5) is 0 Å². The second kappa shape index (κ2) is 6.91. The van der Waals surface area contributed by atoms with Crippen molar-refractivity contribution in [2.75, 3.05) is 19.3 Å². The van der Waals surface area contributed by atoms with Crippen LogP contribution in [0, 0.1) is 6.92 Å². The number of aryl methyl sites for hydroxylation is 1. The number of unbranched alkanes of at least 4 members (excludes halogenated alkanes) is 1. The van der Waals surface area contributed by atoms with Gasteiger partial charge in [0.05, 0.1) is 0 Å². The van der Waals surface area contributed by atoms with Gasteiger partial charge in [0, 0.05) is 4.90 Å². The number of rotatable bonds is 6. The molecule has 0 heterocycles. The van der Waals surface area contributed by atoms with Crippen molar-refractivity contribution in [2.45, 2.75) is 24.7 Å². The van der Waals surface area contributed by atoms with Gasteiger partial charge in [-0.3, -0.25) is 0 Å². The van der Waals surface area contributed by atoms with Gasteiger partial charge in [0.15, 0.2) is 0 Å². The quantitative estimate of drug-likeness (QED) is 0.571. The first-order valence-corrected chi connectivity index (χ1v) is 6.15. The van der Waals surface area contributed by atoms with Crippen LogP contribution in [-0.2, 0) is 0 Å². The molecular weight excluding hydrogens is 190 g/mol. The van der Waals surface area contributed by atoms with Crippen molar-refractivity contribution < 1.29 is 0 Å². The topological polar surface area (TPSA) is 12.0 Å². The van der Waals surface area contributed by atoms with Gasteiger partial charge < -0.3 is 5.32 Å². The molecule has 0 saturated carbocycles. The summed E-state index contributed by atoms with van der Waals surface area (Å²) in [5, 5.41) is 3.17. The van der Waals surface area contributed by atoms with Gasteiger partial charge in [-0.05, 0) is 51.2 Å². The van der Waals surface area contributed by atoms with Crippen molar-refractivity contribution in [3.05, 3.63) is 29.8 Å². The third kappa shape index (κ3) is 4.68. The molecule has 0 aromatic heterocycles. The molecule has 0 aliphatic heterocycles. The molecule has 1 aromatic carbocycles. The second-order valence-electron chi connectivity index (χ2n) is 3.48. The fourth-order valence-corrected chi connectivity index (χ4v) is 2.33. The summed E-state index contributed by atoms with van der Waals surface area (Å²) in [5.74, 6) is 1.23. The van der Waals surface area contributed by atoms with Crippen LogP contribution in [0.2, 0.25) is 0 Å². The van der Waals surface area contributed by atoms with Gasteiger partial charge in [0.25, 0.3) is 0 Å². The number of thioether (sulfide) groups is 1. The number of hydrogen-bond acceptors (Lipinski definition) is 2. The Morgan fingerprint density at radius 1 is 1.29 bits per heavy atom. The van der Waals surface area contributed by atoms with E-state index in [-0.39, 0.29) is 0 Å². The van der Waals surface area contributed by atoms with E-state index in [2.05, 4.69) is 36.5 Å². The molecule has 0 saturated heterocycles. The van der Waals surface area contributed by atoms with E-state index < -0.39 is 0 Å². The molecule has 0 atom stereocenters. The highest BCUT2D eigenvalue weighted by Gasteiger charge is 1.93. The van der Waals surface area contributed by atoms with Gasteiger partial charge in [0.1, 0.15) is 0 Å². The molecule has 1 rings (SSSR count). The average Bonchev–Trinajstić information content (AvgIpc) is 2.18. The Morgan fingerprint density at radius 3 is 2.86 bits per heavy atom. The fourth-order valence-electron chi connectivity index (χ4n) is 1.30. The minimum Gasteiger partial charge on any atom is -0.320 e. The summed E-state index contributed by atoms with van der Waals surface area (Å²) in [6.45, 7) is 3.28. The Kier molecular flexibility index (Phi) is 5.72. The lowest BCUT2D eigenvalue weighted by Crippen LogP contribution is -2.07. The summed E-state index contributed by atoms with van der Waals surface area (Å²) in [6, 6.07) is 8.72. The average molecular weight is 209 g/mol. The highest BCUT2D eigenvalue weighted by Crippen LogP contribution is 2.19. The Bertz CT molecular complexity index is 260. The fraction of sp³-hybridized carbons (Fsp3) is 0.500. The van der Waals surface area contributed by atoms with Gasteiger partial charge in [-0.15, -0.1) is 11.8 Å². The van der Waals surface area contributed by atoms with Crippen molar-refractivity contribution >= 4 is 11.8 Å². The van der Waals surface area contributed by atoms with E-state index in [1.54, 1.807) is 0 Å². The van der Waals surface area contributed by atoms with E-state index in [1.165, 1.54) is 29.1 Å². The van der Waals surface area contributed by atoms with Gasteiger partial charge in [0.2, 0.25) is 0 Å². The summed E-state index contributed by atoms with van der Waals surface area (Å²) in [4.78, 5) is 1.40. The van der Waals surface area contributed by atoms with E-state index >= 15 is 0 Å². The van der Waals surface area contributed by atoms with Crippen molar-refractivity contribution in [2.24, 2.45) is 0 Å². The first kappa shape index (κ1) is 11.6. The van der Waals surface area contributed by atoms with Gasteiger partial charge in [-0.2, -0.15) is 0 Å². The maximum atomic E-state index is 3.17. The van der Waals surface area contributed by atoms with Gasteiger partial charge in [-0.25, -0.2) is 0 Å². The standard InChI is InChI=1S/C12H19NS/c1-11-6-5-7-12(10-11)14-9-4-3-8-13-2/h5-7,10,13H,3-4,8-9H2,1-2H3. The molecule has 78 valence electrons. The Balaban J connectivity index is 2.18. The predicted octanol–water partition coefficient (Wildman–Crippen LogP) is 3.09. The minimum absolute atomic E-state index is 1.13. The Morgan fingerprint density at radius 2 is 2.14 bits per heavy atom. The molecule has 14 heavy (non-hydrogen) atoms. The molecule has 1 aromatic rings. The molecule has 0 spiro atoms. The summed E-state index contributed by atoms with van der Waals surface area (Å²) in [7, 11) is 2.01. The number of nitrogens with one attached hydrogen (secondary N) is 1. The van der Waals surface area contributed by atoms with Crippen LogP contribution in [-0.4, -0.2) is 19.3 Å². The maximum absolute atomic E-state index is 3.17. The normalized spacial score (nSPS) is 10.4. The lowest BCUT2D eigenvalue weighted by atomic mass is 10.2. The van der Waals surface area contributed by atoms with Crippen LogP contribution in [0.5, 0.6) is 0 Å². The number of hydrogen-bond donors (Lipinski definition) is 1. The van der Waals surface area contributed by atoms with Crippen molar-refractivity contribution in [1.29, 1.82) is 0 Å². The van der Waals surface area contributed by atoms with Crippen LogP contribution >= 0.6 is 11.8 Å². The Labute approximate surface area is 91.3 Å². The summed E-state index contributed by atoms with van der Waals surface area (Å²) >= 11 is 1.96. The molecule has 0 bridgehead atoms. The SMILES string of the molecule is CNCCCCSc1cccc(C)c1. The summed E-state index contributed by atoms with van der Waals surface area (Å²) in [6.07, 6.45) is 2.56. The molecule has 0 radical (unpaired) electrons. The van der Waals surface area contributed by atoms with Crippen molar-refractivity contribution in [3.63, 3.8) is 0 Å².